The van der Waals surface area contributed by atoms with Gasteiger partial charge in [0, 0.05) is 17.3 Å². The second kappa shape index (κ2) is 4.38. The van der Waals surface area contributed by atoms with Gasteiger partial charge < -0.3 is 4.90 Å². The quantitative estimate of drug-likeness (QED) is 0.703. The van der Waals surface area contributed by atoms with Gasteiger partial charge in [0.05, 0.1) is 14.1 Å². The second-order valence-corrected chi connectivity index (χ2v) is 11.2. The molecule has 1 aliphatic carbocycles. The van der Waals surface area contributed by atoms with Gasteiger partial charge in [-0.15, -0.1) is 0 Å². The van der Waals surface area contributed by atoms with Crippen LogP contribution in [0, 0.1) is 0 Å². The van der Waals surface area contributed by atoms with Crippen LogP contribution in [0.15, 0.2) is 48.6 Å². The van der Waals surface area contributed by atoms with Crippen LogP contribution in [0.1, 0.15) is 13.8 Å². The van der Waals surface area contributed by atoms with E-state index in [-0.39, 0.29) is 0 Å². The third kappa shape index (κ3) is 1.81. The van der Waals surface area contributed by atoms with Gasteiger partial charge in [0.2, 0.25) is 0 Å². The number of rotatable bonds is 1. The van der Waals surface area contributed by atoms with Crippen molar-refractivity contribution in [1.29, 1.82) is 0 Å². The first-order valence-electron chi connectivity index (χ1n) is 7.26. The third-order valence-corrected chi connectivity index (χ3v) is 8.70. The van der Waals surface area contributed by atoms with E-state index in [2.05, 4.69) is 80.4 Å². The Labute approximate surface area is 117 Å². The van der Waals surface area contributed by atoms with E-state index in [0.717, 1.165) is 0 Å². The molecule has 0 aromatic heterocycles. The number of anilines is 1. The van der Waals surface area contributed by atoms with E-state index in [4.69, 9.17) is 0 Å². The molecule has 0 bridgehead atoms. The summed E-state index contributed by atoms with van der Waals surface area (Å²) >= 11 is 0. The molecule has 0 saturated carbocycles. The lowest BCUT2D eigenvalue weighted by Gasteiger charge is -2.51. The molecule has 1 nitrogen and oxygen atoms in total. The van der Waals surface area contributed by atoms with E-state index in [9.17, 15) is 0 Å². The van der Waals surface area contributed by atoms with Crippen LogP contribution in [0.25, 0.3) is 0 Å². The first-order chi connectivity index (χ1) is 9.03. The molecule has 0 saturated heterocycles. The van der Waals surface area contributed by atoms with Gasteiger partial charge in [-0.05, 0) is 25.1 Å². The topological polar surface area (TPSA) is 3.24 Å². The largest absolute Gasteiger partial charge is 0.362 e. The summed E-state index contributed by atoms with van der Waals surface area (Å²) in [6, 6.07) is 10.1. The van der Waals surface area contributed by atoms with Gasteiger partial charge >= 0.3 is 0 Å². The number of para-hydroxylation sites is 1. The van der Waals surface area contributed by atoms with Crippen molar-refractivity contribution in [2.45, 2.75) is 44.6 Å². The fourth-order valence-corrected chi connectivity index (χ4v) is 7.21. The van der Waals surface area contributed by atoms with E-state index >= 15 is 0 Å². The maximum atomic E-state index is 2.61. The molecule has 1 aromatic carbocycles. The Morgan fingerprint density at radius 3 is 2.47 bits per heavy atom. The van der Waals surface area contributed by atoms with Crippen LogP contribution in [-0.2, 0) is 0 Å². The van der Waals surface area contributed by atoms with E-state index in [1.54, 1.807) is 5.19 Å². The van der Waals surface area contributed by atoms with Crippen molar-refractivity contribution in [3.05, 3.63) is 48.6 Å². The van der Waals surface area contributed by atoms with Crippen LogP contribution in [-0.4, -0.2) is 20.2 Å². The van der Waals surface area contributed by atoms with Gasteiger partial charge in [-0.3, -0.25) is 0 Å². The molecule has 19 heavy (non-hydrogen) atoms. The predicted molar refractivity (Wildman–Crippen MR) is 87.0 cm³/mol. The summed E-state index contributed by atoms with van der Waals surface area (Å²) < 4.78 is 0. The first kappa shape index (κ1) is 12.7. The van der Waals surface area contributed by atoms with Crippen LogP contribution in [0.4, 0.5) is 5.69 Å². The Bertz CT molecular complexity index is 542. The number of hydrogen-bond acceptors (Lipinski definition) is 1. The number of allylic oxidation sites excluding steroid dienone is 2. The van der Waals surface area contributed by atoms with E-state index in [0.29, 0.717) is 17.6 Å². The van der Waals surface area contributed by atoms with Crippen molar-refractivity contribution in [3.63, 3.8) is 0 Å². The minimum atomic E-state index is -1.44. The molecule has 1 aliphatic heterocycles. The van der Waals surface area contributed by atoms with Crippen molar-refractivity contribution in [1.82, 2.24) is 0 Å². The van der Waals surface area contributed by atoms with Gasteiger partial charge in [0.25, 0.3) is 0 Å². The Morgan fingerprint density at radius 2 is 1.74 bits per heavy atom. The van der Waals surface area contributed by atoms with Gasteiger partial charge in [0.15, 0.2) is 0 Å². The Morgan fingerprint density at radius 1 is 1.05 bits per heavy atom. The molecule has 2 atom stereocenters. The molecule has 2 unspecified atom stereocenters. The molecule has 0 N–H and O–H groups in total. The molecule has 100 valence electrons. The van der Waals surface area contributed by atoms with Crippen LogP contribution < -0.4 is 10.1 Å². The highest BCUT2D eigenvalue weighted by molar-refractivity contribution is 6.93. The lowest BCUT2D eigenvalue weighted by atomic mass is 10.0. The third-order valence-electron chi connectivity index (χ3n) is 4.69. The molecular weight excluding hydrogens is 246 g/mol. The molecule has 1 heterocycles. The molecule has 3 rings (SSSR count). The molecule has 0 fully saturated rings. The van der Waals surface area contributed by atoms with Crippen molar-refractivity contribution in [2.24, 2.45) is 0 Å². The van der Waals surface area contributed by atoms with Gasteiger partial charge in [0.1, 0.15) is 0 Å². The normalized spacial score (nSPS) is 27.3. The zero-order valence-corrected chi connectivity index (χ0v) is 13.3. The van der Waals surface area contributed by atoms with Crippen molar-refractivity contribution >= 4 is 18.9 Å². The number of nitrogens with zero attached hydrogens (tertiary/aromatic N) is 1. The highest BCUT2D eigenvalue weighted by Crippen LogP contribution is 2.41. The van der Waals surface area contributed by atoms with Crippen LogP contribution in [0.3, 0.4) is 0 Å². The molecule has 2 heteroatoms. The summed E-state index contributed by atoms with van der Waals surface area (Å²) in [6.07, 6.45) is 9.30. The maximum Gasteiger partial charge on any atom is 0.0926 e. The lowest BCUT2D eigenvalue weighted by Crippen LogP contribution is -2.61. The predicted octanol–water partition coefficient (Wildman–Crippen LogP) is 3.70. The molecule has 0 radical (unpaired) electrons. The fraction of sp³-hybridized carbons (Fsp3) is 0.412. The average molecular weight is 269 g/mol. The van der Waals surface area contributed by atoms with E-state index < -0.39 is 8.07 Å². The van der Waals surface area contributed by atoms with Gasteiger partial charge in [-0.25, -0.2) is 0 Å². The van der Waals surface area contributed by atoms with Crippen molar-refractivity contribution in [2.75, 3.05) is 4.90 Å². The zero-order chi connectivity index (χ0) is 13.6. The molecule has 0 amide bonds. The smallest absolute Gasteiger partial charge is 0.0926 e. The summed E-state index contributed by atoms with van der Waals surface area (Å²) in [6.45, 7) is 9.65. The summed E-state index contributed by atoms with van der Waals surface area (Å²) in [5.41, 5.74) is 2.16. The van der Waals surface area contributed by atoms with Crippen LogP contribution >= 0.6 is 0 Å². The Hall–Kier alpha value is -1.28. The monoisotopic (exact) mass is 269 g/mol. The summed E-state index contributed by atoms with van der Waals surface area (Å²) in [4.78, 5) is 2.61. The molecule has 2 aliphatic rings. The van der Waals surface area contributed by atoms with Crippen molar-refractivity contribution in [3.8, 4) is 0 Å². The summed E-state index contributed by atoms with van der Waals surface area (Å²) in [5.74, 6) is 0. The number of benzene rings is 1. The Kier molecular flexibility index (Phi) is 2.93. The standard InChI is InChI=1S/C17H23NSi/c1-13(2)18-14-9-5-7-11-16(14)19(3,4)17-12-8-6-10-15(17)18/h5-14,16H,1-4H3. The van der Waals surface area contributed by atoms with Gasteiger partial charge in [-0.1, -0.05) is 55.6 Å². The summed E-state index contributed by atoms with van der Waals surface area (Å²) in [7, 11) is -1.44. The molecule has 1 aromatic rings. The SMILES string of the molecule is CC(C)N1c2ccccc2[Si](C)(C)C2C=CC=CC21. The first-order valence-corrected chi connectivity index (χ1v) is 10.3. The average Bonchev–Trinajstić information content (AvgIpc) is 2.39. The maximum absolute atomic E-state index is 2.61. The highest BCUT2D eigenvalue weighted by atomic mass is 28.3. The lowest BCUT2D eigenvalue weighted by molar-refractivity contribution is 0.599. The minimum Gasteiger partial charge on any atom is -0.362 e. The second-order valence-electron chi connectivity index (χ2n) is 6.53. The number of fused-ring (bicyclic) bond motifs is 2. The zero-order valence-electron chi connectivity index (χ0n) is 12.3. The Balaban J connectivity index is 2.22. The van der Waals surface area contributed by atoms with E-state index in [1.165, 1.54) is 5.69 Å². The minimum absolute atomic E-state index is 0.537. The van der Waals surface area contributed by atoms with Crippen LogP contribution in [0.5, 0.6) is 0 Å². The highest BCUT2D eigenvalue weighted by Gasteiger charge is 2.46. The molecular formula is C17H23NSi. The fourth-order valence-electron chi connectivity index (χ4n) is 3.73. The van der Waals surface area contributed by atoms with Gasteiger partial charge in [-0.2, -0.15) is 0 Å². The number of hydrogen-bond donors (Lipinski definition) is 0. The molecule has 0 spiro atoms. The summed E-state index contributed by atoms with van der Waals surface area (Å²) in [5, 5.41) is 1.62. The van der Waals surface area contributed by atoms with Crippen molar-refractivity contribution < 1.29 is 0 Å². The van der Waals surface area contributed by atoms with E-state index in [1.807, 2.05) is 0 Å². The van der Waals surface area contributed by atoms with Crippen LogP contribution in [0.2, 0.25) is 18.6 Å².